The summed E-state index contributed by atoms with van der Waals surface area (Å²) < 4.78 is 0. The van der Waals surface area contributed by atoms with E-state index in [-0.39, 0.29) is 17.7 Å². The summed E-state index contributed by atoms with van der Waals surface area (Å²) in [6.45, 7) is 2.74. The predicted molar refractivity (Wildman–Crippen MR) is 94.4 cm³/mol. The van der Waals surface area contributed by atoms with E-state index in [4.69, 9.17) is 0 Å². The van der Waals surface area contributed by atoms with E-state index < -0.39 is 0 Å². The first-order valence-corrected chi connectivity index (χ1v) is 8.44. The second-order valence-electron chi connectivity index (χ2n) is 6.68. The van der Waals surface area contributed by atoms with Gasteiger partial charge in [-0.3, -0.25) is 9.59 Å². The molecule has 2 aromatic rings. The van der Waals surface area contributed by atoms with Crippen molar-refractivity contribution in [2.24, 2.45) is 5.92 Å². The van der Waals surface area contributed by atoms with E-state index in [0.717, 1.165) is 48.3 Å². The van der Waals surface area contributed by atoms with Crippen molar-refractivity contribution in [1.82, 2.24) is 0 Å². The fraction of sp³-hybridized carbons (Fsp3) is 0.300. The molecule has 1 saturated carbocycles. The Morgan fingerprint density at radius 3 is 2.54 bits per heavy atom. The summed E-state index contributed by atoms with van der Waals surface area (Å²) in [4.78, 5) is 26.6. The lowest BCUT2D eigenvalue weighted by Gasteiger charge is -2.17. The highest BCUT2D eigenvalue weighted by molar-refractivity contribution is 6.05. The molecule has 2 aliphatic rings. The Bertz CT molecular complexity index is 807. The summed E-state index contributed by atoms with van der Waals surface area (Å²) in [6, 6.07) is 13.4. The number of anilines is 2. The maximum absolute atomic E-state index is 12.4. The number of hydrogen-bond acceptors (Lipinski definition) is 2. The number of carbonyl (C=O) groups is 2. The van der Waals surface area contributed by atoms with Crippen LogP contribution in [0.4, 0.5) is 11.4 Å². The fourth-order valence-electron chi connectivity index (χ4n) is 3.16. The van der Waals surface area contributed by atoms with Crippen molar-refractivity contribution in [3.8, 4) is 0 Å². The van der Waals surface area contributed by atoms with Crippen molar-refractivity contribution in [3.05, 3.63) is 59.2 Å². The van der Waals surface area contributed by atoms with Crippen LogP contribution in [0, 0.1) is 12.8 Å². The van der Waals surface area contributed by atoms with Crippen molar-refractivity contribution in [2.75, 3.05) is 16.8 Å². The maximum Gasteiger partial charge on any atom is 0.255 e. The molecule has 0 aromatic heterocycles. The topological polar surface area (TPSA) is 49.4 Å². The number of amides is 2. The van der Waals surface area contributed by atoms with E-state index in [2.05, 4.69) is 5.32 Å². The third-order valence-corrected chi connectivity index (χ3v) is 4.74. The van der Waals surface area contributed by atoms with Gasteiger partial charge in [-0.1, -0.05) is 17.7 Å². The van der Waals surface area contributed by atoms with Crippen LogP contribution < -0.4 is 10.2 Å². The molecule has 1 aliphatic carbocycles. The minimum Gasteiger partial charge on any atom is -0.322 e. The molecule has 0 bridgehead atoms. The van der Waals surface area contributed by atoms with Crippen molar-refractivity contribution in [1.29, 1.82) is 0 Å². The third kappa shape index (κ3) is 2.80. The normalized spacial score (nSPS) is 16.0. The largest absolute Gasteiger partial charge is 0.322 e. The van der Waals surface area contributed by atoms with Crippen LogP contribution in [-0.4, -0.2) is 18.4 Å². The molecule has 0 spiro atoms. The zero-order valence-corrected chi connectivity index (χ0v) is 13.7. The van der Waals surface area contributed by atoms with Gasteiger partial charge in [-0.2, -0.15) is 0 Å². The van der Waals surface area contributed by atoms with Gasteiger partial charge in [-0.25, -0.2) is 0 Å². The Morgan fingerprint density at radius 1 is 1.08 bits per heavy atom. The van der Waals surface area contributed by atoms with E-state index in [1.165, 1.54) is 0 Å². The highest BCUT2D eigenvalue weighted by Crippen LogP contribution is 2.36. The number of carbonyl (C=O) groups excluding carboxylic acids is 2. The van der Waals surface area contributed by atoms with Gasteiger partial charge in [0.15, 0.2) is 0 Å². The van der Waals surface area contributed by atoms with Crippen molar-refractivity contribution in [3.63, 3.8) is 0 Å². The van der Waals surface area contributed by atoms with E-state index in [1.807, 2.05) is 48.2 Å². The molecule has 0 unspecified atom stereocenters. The Morgan fingerprint density at radius 2 is 1.83 bits per heavy atom. The summed E-state index contributed by atoms with van der Waals surface area (Å²) >= 11 is 0. The summed E-state index contributed by atoms with van der Waals surface area (Å²) in [5, 5.41) is 2.92. The molecular formula is C20H20N2O2. The van der Waals surface area contributed by atoms with Crippen LogP contribution in [0.25, 0.3) is 0 Å². The Kier molecular flexibility index (Phi) is 3.60. The number of nitrogens with one attached hydrogen (secondary N) is 1. The molecule has 4 nitrogen and oxygen atoms in total. The number of fused-ring (bicyclic) bond motifs is 1. The molecule has 0 atom stereocenters. The molecule has 2 aromatic carbocycles. The van der Waals surface area contributed by atoms with Gasteiger partial charge in [0.2, 0.25) is 5.91 Å². The number of hydrogen-bond donors (Lipinski definition) is 1. The summed E-state index contributed by atoms with van der Waals surface area (Å²) in [7, 11) is 0. The maximum atomic E-state index is 12.4. The van der Waals surface area contributed by atoms with Crippen molar-refractivity contribution < 1.29 is 9.59 Å². The highest BCUT2D eigenvalue weighted by atomic mass is 16.2. The second kappa shape index (κ2) is 5.78. The van der Waals surface area contributed by atoms with Crippen LogP contribution >= 0.6 is 0 Å². The number of aryl methyl sites for hydroxylation is 1. The van der Waals surface area contributed by atoms with Gasteiger partial charge in [0.05, 0.1) is 0 Å². The van der Waals surface area contributed by atoms with Gasteiger partial charge in [0.25, 0.3) is 5.91 Å². The quantitative estimate of drug-likeness (QED) is 0.940. The van der Waals surface area contributed by atoms with Crippen LogP contribution in [-0.2, 0) is 11.2 Å². The molecule has 122 valence electrons. The van der Waals surface area contributed by atoms with Crippen molar-refractivity contribution >= 4 is 23.2 Å². The minimum absolute atomic E-state index is 0.117. The lowest BCUT2D eigenvalue weighted by molar-refractivity contribution is -0.119. The first-order valence-electron chi connectivity index (χ1n) is 8.44. The number of benzene rings is 2. The van der Waals surface area contributed by atoms with E-state index in [9.17, 15) is 9.59 Å². The molecule has 24 heavy (non-hydrogen) atoms. The zero-order valence-electron chi connectivity index (χ0n) is 13.7. The summed E-state index contributed by atoms with van der Waals surface area (Å²) in [6.07, 6.45) is 2.85. The van der Waals surface area contributed by atoms with Crippen LogP contribution in [0.5, 0.6) is 0 Å². The van der Waals surface area contributed by atoms with Gasteiger partial charge in [0.1, 0.15) is 0 Å². The van der Waals surface area contributed by atoms with E-state index in [1.54, 1.807) is 6.07 Å². The SMILES string of the molecule is Cc1ccc(NC(=O)c2ccc3c(c2)CCN3C(=O)C2CC2)cc1. The van der Waals surface area contributed by atoms with Crippen molar-refractivity contribution in [2.45, 2.75) is 26.2 Å². The van der Waals surface area contributed by atoms with Crippen LogP contribution in [0.2, 0.25) is 0 Å². The predicted octanol–water partition coefficient (Wildman–Crippen LogP) is 3.55. The Balaban J connectivity index is 1.52. The first-order chi connectivity index (χ1) is 11.6. The van der Waals surface area contributed by atoms with Gasteiger partial charge in [-0.15, -0.1) is 0 Å². The lowest BCUT2D eigenvalue weighted by Crippen LogP contribution is -2.30. The average molecular weight is 320 g/mol. The van der Waals surface area contributed by atoms with Gasteiger partial charge >= 0.3 is 0 Å². The molecule has 1 fully saturated rings. The molecule has 0 saturated heterocycles. The summed E-state index contributed by atoms with van der Waals surface area (Å²) in [5.41, 5.74) is 4.64. The minimum atomic E-state index is -0.117. The monoisotopic (exact) mass is 320 g/mol. The molecule has 1 aliphatic heterocycles. The molecule has 4 rings (SSSR count). The standard InChI is InChI=1S/C20H20N2O2/c1-13-2-7-17(8-3-13)21-19(23)16-6-9-18-15(12-16)10-11-22(18)20(24)14-4-5-14/h2-3,6-9,12,14H,4-5,10-11H2,1H3,(H,21,23). The highest BCUT2D eigenvalue weighted by Gasteiger charge is 2.36. The second-order valence-corrected chi connectivity index (χ2v) is 6.68. The molecular weight excluding hydrogens is 300 g/mol. The molecule has 2 amide bonds. The average Bonchev–Trinajstić information content (AvgIpc) is 3.35. The fourth-order valence-corrected chi connectivity index (χ4v) is 3.16. The number of rotatable bonds is 3. The molecule has 4 heteroatoms. The first kappa shape index (κ1) is 14.9. The van der Waals surface area contributed by atoms with Crippen LogP contribution in [0.1, 0.15) is 34.3 Å². The summed E-state index contributed by atoms with van der Waals surface area (Å²) in [5.74, 6) is 0.347. The van der Waals surface area contributed by atoms with Gasteiger partial charge in [-0.05, 0) is 62.1 Å². The number of nitrogens with zero attached hydrogens (tertiary/aromatic N) is 1. The van der Waals surface area contributed by atoms with Gasteiger partial charge in [0, 0.05) is 29.4 Å². The van der Waals surface area contributed by atoms with Gasteiger partial charge < -0.3 is 10.2 Å². The van der Waals surface area contributed by atoms with E-state index in [0.29, 0.717) is 5.56 Å². The smallest absolute Gasteiger partial charge is 0.255 e. The van der Waals surface area contributed by atoms with E-state index >= 15 is 0 Å². The Labute approximate surface area is 141 Å². The zero-order chi connectivity index (χ0) is 16.7. The molecule has 1 N–H and O–H groups in total. The van der Waals surface area contributed by atoms with Crippen LogP contribution in [0.15, 0.2) is 42.5 Å². The Hall–Kier alpha value is -2.62. The third-order valence-electron chi connectivity index (χ3n) is 4.74. The molecule has 1 heterocycles. The molecule has 0 radical (unpaired) electrons. The lowest BCUT2D eigenvalue weighted by atomic mass is 10.1. The van der Waals surface area contributed by atoms with Crippen LogP contribution in [0.3, 0.4) is 0 Å².